The van der Waals surface area contributed by atoms with Crippen molar-refractivity contribution in [2.45, 2.75) is 6.92 Å². The van der Waals surface area contributed by atoms with Gasteiger partial charge in [-0.2, -0.15) is 5.10 Å². The van der Waals surface area contributed by atoms with Crippen LogP contribution in [0.1, 0.15) is 16.1 Å². The van der Waals surface area contributed by atoms with E-state index in [1.165, 1.54) is 0 Å². The van der Waals surface area contributed by atoms with Gasteiger partial charge in [0.1, 0.15) is 0 Å². The van der Waals surface area contributed by atoms with Crippen LogP contribution in [0.3, 0.4) is 0 Å². The molecule has 0 aliphatic rings. The van der Waals surface area contributed by atoms with Crippen molar-refractivity contribution < 1.29 is 4.79 Å². The highest BCUT2D eigenvalue weighted by Gasteiger charge is 2.14. The largest absolute Gasteiger partial charge is 0.366 e. The number of aromatic amines is 1. The average molecular weight is 252 g/mol. The number of amides is 1. The number of H-pyrrole nitrogens is 1. The molecule has 0 spiro atoms. The first-order valence-electron chi connectivity index (χ1n) is 5.87. The Morgan fingerprint density at radius 1 is 1.26 bits per heavy atom. The number of hydrogen-bond acceptors (Lipinski definition) is 3. The van der Waals surface area contributed by atoms with Crippen LogP contribution in [0.5, 0.6) is 0 Å². The molecule has 2 heterocycles. The van der Waals surface area contributed by atoms with Gasteiger partial charge in [0, 0.05) is 16.6 Å². The first-order valence-corrected chi connectivity index (χ1v) is 5.87. The standard InChI is InChI=1S/C14H12N4O/c1-8-5-6-10(14(15)19)13(17-8)9-3-2-4-12-11(9)7-16-18-12/h2-7H,1H3,(H2,15,19)(H,16,18). The Kier molecular flexibility index (Phi) is 2.52. The van der Waals surface area contributed by atoms with Crippen molar-refractivity contribution in [2.24, 2.45) is 5.73 Å². The number of hydrogen-bond donors (Lipinski definition) is 2. The number of fused-ring (bicyclic) bond motifs is 1. The fourth-order valence-corrected chi connectivity index (χ4v) is 2.14. The van der Waals surface area contributed by atoms with Gasteiger partial charge in [-0.25, -0.2) is 0 Å². The molecule has 0 bridgehead atoms. The maximum Gasteiger partial charge on any atom is 0.250 e. The number of carbonyl (C=O) groups is 1. The van der Waals surface area contributed by atoms with E-state index in [1.54, 1.807) is 18.3 Å². The molecule has 1 amide bonds. The third-order valence-corrected chi connectivity index (χ3v) is 3.04. The molecule has 0 aliphatic carbocycles. The van der Waals surface area contributed by atoms with Crippen molar-refractivity contribution in [2.75, 3.05) is 0 Å². The Labute approximate surface area is 109 Å². The van der Waals surface area contributed by atoms with E-state index in [4.69, 9.17) is 5.73 Å². The average Bonchev–Trinajstić information content (AvgIpc) is 2.86. The van der Waals surface area contributed by atoms with Gasteiger partial charge in [0.05, 0.1) is 23.0 Å². The number of rotatable bonds is 2. The van der Waals surface area contributed by atoms with E-state index >= 15 is 0 Å². The lowest BCUT2D eigenvalue weighted by atomic mass is 10.0. The number of nitrogens with zero attached hydrogens (tertiary/aromatic N) is 2. The molecular formula is C14H12N4O. The second-order valence-corrected chi connectivity index (χ2v) is 4.35. The summed E-state index contributed by atoms with van der Waals surface area (Å²) in [5.41, 5.74) is 9.02. The van der Waals surface area contributed by atoms with Crippen molar-refractivity contribution in [3.63, 3.8) is 0 Å². The predicted molar refractivity (Wildman–Crippen MR) is 72.6 cm³/mol. The lowest BCUT2D eigenvalue weighted by Gasteiger charge is -2.08. The molecule has 0 saturated carbocycles. The highest BCUT2D eigenvalue weighted by atomic mass is 16.1. The molecule has 3 rings (SSSR count). The topological polar surface area (TPSA) is 84.7 Å². The monoisotopic (exact) mass is 252 g/mol. The van der Waals surface area contributed by atoms with E-state index < -0.39 is 5.91 Å². The van der Waals surface area contributed by atoms with Gasteiger partial charge in [0.25, 0.3) is 5.91 Å². The lowest BCUT2D eigenvalue weighted by Crippen LogP contribution is -2.13. The molecule has 5 heteroatoms. The first kappa shape index (κ1) is 11.4. The molecule has 0 aliphatic heterocycles. The minimum Gasteiger partial charge on any atom is -0.366 e. The molecule has 2 aromatic heterocycles. The van der Waals surface area contributed by atoms with Gasteiger partial charge in [0.2, 0.25) is 0 Å². The van der Waals surface area contributed by atoms with Gasteiger partial charge in [-0.05, 0) is 25.1 Å². The van der Waals surface area contributed by atoms with E-state index in [2.05, 4.69) is 15.2 Å². The molecule has 3 aromatic rings. The third kappa shape index (κ3) is 1.85. The SMILES string of the molecule is Cc1ccc(C(N)=O)c(-c2cccc3[nH]ncc23)n1. The van der Waals surface area contributed by atoms with Crippen LogP contribution in [0.4, 0.5) is 0 Å². The Hall–Kier alpha value is -2.69. The highest BCUT2D eigenvalue weighted by Crippen LogP contribution is 2.28. The van der Waals surface area contributed by atoms with Crippen LogP contribution >= 0.6 is 0 Å². The summed E-state index contributed by atoms with van der Waals surface area (Å²) in [5, 5.41) is 7.83. The number of nitrogens with two attached hydrogens (primary N) is 1. The smallest absolute Gasteiger partial charge is 0.250 e. The van der Waals surface area contributed by atoms with Crippen LogP contribution in [0.2, 0.25) is 0 Å². The zero-order chi connectivity index (χ0) is 13.4. The van der Waals surface area contributed by atoms with Crippen LogP contribution in [-0.4, -0.2) is 21.1 Å². The Morgan fingerprint density at radius 2 is 2.11 bits per heavy atom. The number of aromatic nitrogens is 3. The summed E-state index contributed by atoms with van der Waals surface area (Å²) in [4.78, 5) is 16.0. The number of nitrogens with one attached hydrogen (secondary N) is 1. The molecule has 0 fully saturated rings. The highest BCUT2D eigenvalue weighted by molar-refractivity contribution is 6.03. The first-order chi connectivity index (χ1) is 9.16. The quantitative estimate of drug-likeness (QED) is 0.731. The number of carbonyl (C=O) groups excluding carboxylic acids is 1. The van der Waals surface area contributed by atoms with E-state index in [0.717, 1.165) is 22.2 Å². The fraction of sp³-hybridized carbons (Fsp3) is 0.0714. The van der Waals surface area contributed by atoms with Crippen molar-refractivity contribution >= 4 is 16.8 Å². The predicted octanol–water partition coefficient (Wildman–Crippen LogP) is 2.03. The summed E-state index contributed by atoms with van der Waals surface area (Å²) in [6.07, 6.45) is 1.72. The molecule has 3 N–H and O–H groups in total. The van der Waals surface area contributed by atoms with Gasteiger partial charge in [0.15, 0.2) is 0 Å². The summed E-state index contributed by atoms with van der Waals surface area (Å²) in [7, 11) is 0. The molecule has 19 heavy (non-hydrogen) atoms. The maximum absolute atomic E-state index is 11.5. The normalized spacial score (nSPS) is 10.8. The molecule has 0 saturated heterocycles. The van der Waals surface area contributed by atoms with Crippen LogP contribution in [0, 0.1) is 6.92 Å². The third-order valence-electron chi connectivity index (χ3n) is 3.04. The maximum atomic E-state index is 11.5. The van der Waals surface area contributed by atoms with E-state index in [0.29, 0.717) is 11.3 Å². The Bertz CT molecular complexity index is 776. The van der Waals surface area contributed by atoms with E-state index in [9.17, 15) is 4.79 Å². The van der Waals surface area contributed by atoms with Crippen LogP contribution in [0.15, 0.2) is 36.5 Å². The van der Waals surface area contributed by atoms with Crippen molar-refractivity contribution in [3.8, 4) is 11.3 Å². The number of benzene rings is 1. The molecule has 0 radical (unpaired) electrons. The van der Waals surface area contributed by atoms with Gasteiger partial charge in [-0.15, -0.1) is 0 Å². The molecular weight excluding hydrogens is 240 g/mol. The summed E-state index contributed by atoms with van der Waals surface area (Å²) in [6, 6.07) is 9.21. The Balaban J connectivity index is 2.35. The summed E-state index contributed by atoms with van der Waals surface area (Å²) in [6.45, 7) is 1.88. The van der Waals surface area contributed by atoms with Crippen LogP contribution in [0.25, 0.3) is 22.2 Å². The minimum atomic E-state index is -0.483. The van der Waals surface area contributed by atoms with Gasteiger partial charge in [-0.1, -0.05) is 12.1 Å². The Morgan fingerprint density at radius 3 is 2.89 bits per heavy atom. The zero-order valence-electron chi connectivity index (χ0n) is 10.3. The van der Waals surface area contributed by atoms with E-state index in [1.807, 2.05) is 25.1 Å². The second-order valence-electron chi connectivity index (χ2n) is 4.35. The van der Waals surface area contributed by atoms with Gasteiger partial charge in [-0.3, -0.25) is 14.9 Å². The summed E-state index contributed by atoms with van der Waals surface area (Å²) < 4.78 is 0. The molecule has 0 unspecified atom stereocenters. The lowest BCUT2D eigenvalue weighted by molar-refractivity contribution is 0.100. The number of aryl methyl sites for hydroxylation is 1. The molecule has 0 atom stereocenters. The van der Waals surface area contributed by atoms with Crippen molar-refractivity contribution in [3.05, 3.63) is 47.8 Å². The second kappa shape index (κ2) is 4.20. The van der Waals surface area contributed by atoms with Crippen molar-refractivity contribution in [1.82, 2.24) is 15.2 Å². The van der Waals surface area contributed by atoms with Crippen molar-refractivity contribution in [1.29, 1.82) is 0 Å². The molecule has 1 aromatic carbocycles. The van der Waals surface area contributed by atoms with E-state index in [-0.39, 0.29) is 0 Å². The zero-order valence-corrected chi connectivity index (χ0v) is 10.3. The number of pyridine rings is 1. The summed E-state index contributed by atoms with van der Waals surface area (Å²) >= 11 is 0. The molecule has 94 valence electrons. The van der Waals surface area contributed by atoms with Crippen LogP contribution < -0.4 is 5.73 Å². The number of primary amides is 1. The summed E-state index contributed by atoms with van der Waals surface area (Å²) in [5.74, 6) is -0.483. The van der Waals surface area contributed by atoms with Crippen LogP contribution in [-0.2, 0) is 0 Å². The molecule has 5 nitrogen and oxygen atoms in total. The van der Waals surface area contributed by atoms with Gasteiger partial charge < -0.3 is 5.73 Å². The minimum absolute atomic E-state index is 0.416. The fourth-order valence-electron chi connectivity index (χ4n) is 2.14. The van der Waals surface area contributed by atoms with Gasteiger partial charge >= 0.3 is 0 Å².